The van der Waals surface area contributed by atoms with E-state index in [2.05, 4.69) is 85.1 Å². The Hall–Kier alpha value is -1.64. The molecule has 0 spiro atoms. The molecule has 0 bridgehead atoms. The summed E-state index contributed by atoms with van der Waals surface area (Å²) in [5.74, 6) is 0. The van der Waals surface area contributed by atoms with Crippen LogP contribution in [0.2, 0.25) is 0 Å². The van der Waals surface area contributed by atoms with Gasteiger partial charge in [-0.1, -0.05) is 74.5 Å². The number of hydrogen-bond donors (Lipinski definition) is 2. The van der Waals surface area contributed by atoms with Crippen molar-refractivity contribution in [2.45, 2.75) is 32.4 Å². The van der Waals surface area contributed by atoms with Gasteiger partial charge in [0, 0.05) is 12.1 Å². The molecule has 0 saturated heterocycles. The third-order valence-corrected chi connectivity index (χ3v) is 3.78. The highest BCUT2D eigenvalue weighted by Crippen LogP contribution is 2.26. The van der Waals surface area contributed by atoms with Crippen molar-refractivity contribution in [3.8, 4) is 0 Å². The van der Waals surface area contributed by atoms with Gasteiger partial charge in [-0.05, 0) is 30.6 Å². The third-order valence-electron chi connectivity index (χ3n) is 3.78. The summed E-state index contributed by atoms with van der Waals surface area (Å²) in [6, 6.07) is 22.2. The molecule has 0 amide bonds. The standard InChI is InChI=1S/C19H26N2/c1-3-20-18(16-11-7-5-8-12-16)15-19(21-4-2)17-13-9-6-10-14-17/h5-14,18-21H,3-4,15H2,1-2H3. The van der Waals surface area contributed by atoms with Gasteiger partial charge in [-0.15, -0.1) is 0 Å². The highest BCUT2D eigenvalue weighted by molar-refractivity contribution is 5.23. The molecular weight excluding hydrogens is 256 g/mol. The minimum atomic E-state index is 0.375. The molecular formula is C19H26N2. The largest absolute Gasteiger partial charge is 0.310 e. The summed E-state index contributed by atoms with van der Waals surface area (Å²) in [6.07, 6.45) is 1.05. The van der Waals surface area contributed by atoms with Crippen LogP contribution in [0.15, 0.2) is 60.7 Å². The van der Waals surface area contributed by atoms with Crippen LogP contribution >= 0.6 is 0 Å². The molecule has 2 aromatic carbocycles. The van der Waals surface area contributed by atoms with Crippen molar-refractivity contribution in [2.75, 3.05) is 13.1 Å². The van der Waals surface area contributed by atoms with E-state index < -0.39 is 0 Å². The highest BCUT2D eigenvalue weighted by atomic mass is 14.9. The van der Waals surface area contributed by atoms with Crippen molar-refractivity contribution >= 4 is 0 Å². The van der Waals surface area contributed by atoms with Crippen molar-refractivity contribution in [3.63, 3.8) is 0 Å². The fourth-order valence-electron chi connectivity index (χ4n) is 2.77. The second kappa shape index (κ2) is 8.60. The van der Waals surface area contributed by atoms with Crippen LogP contribution in [0.5, 0.6) is 0 Å². The maximum absolute atomic E-state index is 3.62. The summed E-state index contributed by atoms with van der Waals surface area (Å²) in [6.45, 7) is 6.29. The molecule has 0 aliphatic rings. The van der Waals surface area contributed by atoms with E-state index in [1.54, 1.807) is 0 Å². The van der Waals surface area contributed by atoms with Gasteiger partial charge in [0.15, 0.2) is 0 Å². The summed E-state index contributed by atoms with van der Waals surface area (Å²) in [4.78, 5) is 0. The molecule has 2 atom stereocenters. The summed E-state index contributed by atoms with van der Waals surface area (Å²) < 4.78 is 0. The van der Waals surface area contributed by atoms with Crippen molar-refractivity contribution in [1.82, 2.24) is 10.6 Å². The van der Waals surface area contributed by atoms with E-state index in [0.29, 0.717) is 12.1 Å². The van der Waals surface area contributed by atoms with E-state index in [9.17, 15) is 0 Å². The molecule has 0 aliphatic heterocycles. The summed E-state index contributed by atoms with van der Waals surface area (Å²) in [5, 5.41) is 7.24. The lowest BCUT2D eigenvalue weighted by molar-refractivity contribution is 0.418. The average molecular weight is 282 g/mol. The molecule has 0 aromatic heterocycles. The van der Waals surface area contributed by atoms with E-state index in [1.165, 1.54) is 11.1 Å². The van der Waals surface area contributed by atoms with E-state index >= 15 is 0 Å². The average Bonchev–Trinajstić information content (AvgIpc) is 2.55. The molecule has 2 aromatic rings. The van der Waals surface area contributed by atoms with Gasteiger partial charge >= 0.3 is 0 Å². The minimum Gasteiger partial charge on any atom is -0.310 e. The van der Waals surface area contributed by atoms with Crippen molar-refractivity contribution in [2.24, 2.45) is 0 Å². The van der Waals surface area contributed by atoms with Crippen molar-refractivity contribution in [1.29, 1.82) is 0 Å². The molecule has 2 unspecified atom stereocenters. The fraction of sp³-hybridized carbons (Fsp3) is 0.368. The van der Waals surface area contributed by atoms with Crippen LogP contribution in [-0.4, -0.2) is 13.1 Å². The first-order chi connectivity index (χ1) is 10.3. The van der Waals surface area contributed by atoms with Gasteiger partial charge in [0.2, 0.25) is 0 Å². The first-order valence-electron chi connectivity index (χ1n) is 7.91. The zero-order valence-electron chi connectivity index (χ0n) is 13.0. The van der Waals surface area contributed by atoms with Crippen LogP contribution in [0.3, 0.4) is 0 Å². The van der Waals surface area contributed by atoms with Gasteiger partial charge < -0.3 is 10.6 Å². The van der Waals surface area contributed by atoms with Gasteiger partial charge in [0.1, 0.15) is 0 Å². The van der Waals surface area contributed by atoms with Gasteiger partial charge in [0.05, 0.1) is 0 Å². The van der Waals surface area contributed by atoms with Gasteiger partial charge in [-0.3, -0.25) is 0 Å². The SMILES string of the molecule is CCNC(CC(NCC)c1ccccc1)c1ccccc1. The second-order valence-corrected chi connectivity index (χ2v) is 5.28. The third kappa shape index (κ3) is 4.69. The van der Waals surface area contributed by atoms with E-state index in [1.807, 2.05) is 0 Å². The molecule has 0 saturated carbocycles. The number of nitrogens with one attached hydrogen (secondary N) is 2. The number of benzene rings is 2. The van der Waals surface area contributed by atoms with E-state index in [-0.39, 0.29) is 0 Å². The molecule has 0 fully saturated rings. The van der Waals surface area contributed by atoms with Crippen LogP contribution < -0.4 is 10.6 Å². The van der Waals surface area contributed by atoms with Gasteiger partial charge in [-0.2, -0.15) is 0 Å². The molecule has 0 aliphatic carbocycles. The molecule has 21 heavy (non-hydrogen) atoms. The fourth-order valence-corrected chi connectivity index (χ4v) is 2.77. The smallest absolute Gasteiger partial charge is 0.0338 e. The molecule has 112 valence electrons. The highest BCUT2D eigenvalue weighted by Gasteiger charge is 2.18. The van der Waals surface area contributed by atoms with Gasteiger partial charge in [-0.25, -0.2) is 0 Å². The lowest BCUT2D eigenvalue weighted by Gasteiger charge is -2.25. The van der Waals surface area contributed by atoms with Crippen molar-refractivity contribution < 1.29 is 0 Å². The van der Waals surface area contributed by atoms with Gasteiger partial charge in [0.25, 0.3) is 0 Å². The Balaban J connectivity index is 2.16. The van der Waals surface area contributed by atoms with Crippen LogP contribution in [0.25, 0.3) is 0 Å². The Morgan fingerprint density at radius 3 is 1.38 bits per heavy atom. The van der Waals surface area contributed by atoms with E-state index in [0.717, 1.165) is 19.5 Å². The number of rotatable bonds is 8. The first-order valence-corrected chi connectivity index (χ1v) is 7.91. The normalized spacial score (nSPS) is 13.8. The predicted octanol–water partition coefficient (Wildman–Crippen LogP) is 4.08. The maximum Gasteiger partial charge on any atom is 0.0338 e. The zero-order valence-corrected chi connectivity index (χ0v) is 13.0. The Morgan fingerprint density at radius 2 is 1.05 bits per heavy atom. The van der Waals surface area contributed by atoms with Crippen LogP contribution in [0.1, 0.15) is 43.5 Å². The summed E-state index contributed by atoms with van der Waals surface area (Å²) >= 11 is 0. The Labute approximate surface area is 128 Å². The Kier molecular flexibility index (Phi) is 6.45. The predicted molar refractivity (Wildman–Crippen MR) is 90.3 cm³/mol. The molecule has 2 rings (SSSR count). The van der Waals surface area contributed by atoms with Crippen LogP contribution in [0.4, 0.5) is 0 Å². The molecule has 0 radical (unpaired) electrons. The number of hydrogen-bond acceptors (Lipinski definition) is 2. The zero-order chi connectivity index (χ0) is 14.9. The topological polar surface area (TPSA) is 24.1 Å². The minimum absolute atomic E-state index is 0.375. The van der Waals surface area contributed by atoms with Crippen LogP contribution in [-0.2, 0) is 0 Å². The molecule has 0 heterocycles. The quantitative estimate of drug-likeness (QED) is 0.762. The molecule has 2 nitrogen and oxygen atoms in total. The Morgan fingerprint density at radius 1 is 0.667 bits per heavy atom. The molecule has 2 heteroatoms. The maximum atomic E-state index is 3.62. The van der Waals surface area contributed by atoms with E-state index in [4.69, 9.17) is 0 Å². The van der Waals surface area contributed by atoms with Crippen molar-refractivity contribution in [3.05, 3.63) is 71.8 Å². The second-order valence-electron chi connectivity index (χ2n) is 5.28. The first kappa shape index (κ1) is 15.7. The summed E-state index contributed by atoms with van der Waals surface area (Å²) in [5.41, 5.74) is 2.72. The Bertz CT molecular complexity index is 448. The summed E-state index contributed by atoms with van der Waals surface area (Å²) in [7, 11) is 0. The van der Waals surface area contributed by atoms with Crippen LogP contribution in [0, 0.1) is 0 Å². The molecule has 2 N–H and O–H groups in total. The lowest BCUT2D eigenvalue weighted by atomic mass is 9.94. The lowest BCUT2D eigenvalue weighted by Crippen LogP contribution is -2.28. The monoisotopic (exact) mass is 282 g/mol.